The van der Waals surface area contributed by atoms with Crippen LogP contribution < -0.4 is 10.9 Å². The molecule has 2 aromatic rings. The van der Waals surface area contributed by atoms with Gasteiger partial charge in [0.05, 0.1) is 4.92 Å². The lowest BCUT2D eigenvalue weighted by molar-refractivity contribution is -0.384. The summed E-state index contributed by atoms with van der Waals surface area (Å²) < 4.78 is 0. The minimum absolute atomic E-state index is 0.0157. The van der Waals surface area contributed by atoms with Crippen LogP contribution in [0.5, 0.6) is 0 Å². The number of hydrogen-bond acceptors (Lipinski definition) is 4. The second kappa shape index (κ2) is 4.75. The predicted octanol–water partition coefficient (Wildman–Crippen LogP) is 1.77. The second-order valence-corrected chi connectivity index (χ2v) is 4.49. The summed E-state index contributed by atoms with van der Waals surface area (Å²) in [4.78, 5) is 22.1. The first-order valence-corrected chi connectivity index (χ1v) is 6.06. The molecular formula is C14H11N3O3. The van der Waals surface area contributed by atoms with E-state index in [1.807, 2.05) is 24.3 Å². The molecule has 1 amide bonds. The second-order valence-electron chi connectivity index (χ2n) is 4.49. The van der Waals surface area contributed by atoms with Gasteiger partial charge in [0.1, 0.15) is 0 Å². The molecule has 1 fully saturated rings. The molecule has 2 N–H and O–H groups in total. The van der Waals surface area contributed by atoms with Crippen LogP contribution in [0.4, 0.5) is 5.69 Å². The lowest BCUT2D eigenvalue weighted by atomic mass is 10.0. The number of hydrazine groups is 1. The largest absolute Gasteiger partial charge is 0.287 e. The molecule has 1 heterocycles. The SMILES string of the molecule is O=C1NNC/C1=C\c1cc([N+](=O)[O-])cc2ccccc12. The summed E-state index contributed by atoms with van der Waals surface area (Å²) >= 11 is 0. The van der Waals surface area contributed by atoms with Crippen molar-refractivity contribution < 1.29 is 9.72 Å². The van der Waals surface area contributed by atoms with Crippen molar-refractivity contribution >= 4 is 28.4 Å². The molecule has 100 valence electrons. The highest BCUT2D eigenvalue weighted by Crippen LogP contribution is 2.27. The number of nitrogens with one attached hydrogen (secondary N) is 2. The van der Waals surface area contributed by atoms with Crippen molar-refractivity contribution in [2.24, 2.45) is 0 Å². The van der Waals surface area contributed by atoms with E-state index in [1.54, 1.807) is 6.08 Å². The minimum Gasteiger partial charge on any atom is -0.287 e. The molecule has 6 nitrogen and oxygen atoms in total. The highest BCUT2D eigenvalue weighted by molar-refractivity contribution is 6.02. The molecule has 1 aliphatic heterocycles. The van der Waals surface area contributed by atoms with E-state index in [0.717, 1.165) is 10.8 Å². The Kier molecular flexibility index (Phi) is 2.92. The Morgan fingerprint density at radius 3 is 2.75 bits per heavy atom. The Hall–Kier alpha value is -2.73. The number of amides is 1. The maximum Gasteiger partial charge on any atom is 0.270 e. The van der Waals surface area contributed by atoms with Crippen molar-refractivity contribution in [2.75, 3.05) is 6.54 Å². The first-order chi connectivity index (χ1) is 9.65. The van der Waals surface area contributed by atoms with Gasteiger partial charge in [0.2, 0.25) is 0 Å². The van der Waals surface area contributed by atoms with E-state index >= 15 is 0 Å². The molecule has 2 aromatic carbocycles. The van der Waals surface area contributed by atoms with E-state index in [4.69, 9.17) is 0 Å². The van der Waals surface area contributed by atoms with Crippen molar-refractivity contribution in [3.63, 3.8) is 0 Å². The molecule has 0 bridgehead atoms. The van der Waals surface area contributed by atoms with Gasteiger partial charge >= 0.3 is 0 Å². The summed E-state index contributed by atoms with van der Waals surface area (Å²) in [7, 11) is 0. The molecule has 0 aromatic heterocycles. The van der Waals surface area contributed by atoms with Gasteiger partial charge in [0, 0.05) is 24.3 Å². The number of hydrogen-bond donors (Lipinski definition) is 2. The van der Waals surface area contributed by atoms with Crippen molar-refractivity contribution in [2.45, 2.75) is 0 Å². The molecular weight excluding hydrogens is 258 g/mol. The fraction of sp³-hybridized carbons (Fsp3) is 0.0714. The summed E-state index contributed by atoms with van der Waals surface area (Å²) in [6, 6.07) is 10.4. The Labute approximate surface area is 114 Å². The third-order valence-electron chi connectivity index (χ3n) is 3.19. The number of carbonyl (C=O) groups excluding carboxylic acids is 1. The summed E-state index contributed by atoms with van der Waals surface area (Å²) in [5.41, 5.74) is 6.45. The van der Waals surface area contributed by atoms with E-state index in [2.05, 4.69) is 10.9 Å². The average molecular weight is 269 g/mol. The van der Waals surface area contributed by atoms with Crippen molar-refractivity contribution in [1.82, 2.24) is 10.9 Å². The smallest absolute Gasteiger partial charge is 0.270 e. The third kappa shape index (κ3) is 2.12. The molecule has 3 rings (SSSR count). The molecule has 0 spiro atoms. The minimum atomic E-state index is -0.429. The van der Waals surface area contributed by atoms with Crippen LogP contribution >= 0.6 is 0 Å². The van der Waals surface area contributed by atoms with E-state index in [9.17, 15) is 14.9 Å². The zero-order chi connectivity index (χ0) is 14.1. The van der Waals surface area contributed by atoms with Crippen molar-refractivity contribution in [3.05, 3.63) is 57.6 Å². The predicted molar refractivity (Wildman–Crippen MR) is 74.7 cm³/mol. The summed E-state index contributed by atoms with van der Waals surface area (Å²) in [6.07, 6.45) is 1.69. The Balaban J connectivity index is 2.22. The number of nitrogens with zero attached hydrogens (tertiary/aromatic N) is 1. The summed E-state index contributed by atoms with van der Waals surface area (Å²) in [6.45, 7) is 0.399. The Bertz CT molecular complexity index is 752. The van der Waals surface area contributed by atoms with Crippen LogP contribution in [-0.2, 0) is 4.79 Å². The van der Waals surface area contributed by atoms with Crippen LogP contribution in [-0.4, -0.2) is 17.4 Å². The highest BCUT2D eigenvalue weighted by atomic mass is 16.6. The molecule has 0 saturated carbocycles. The van der Waals surface area contributed by atoms with Gasteiger partial charge < -0.3 is 0 Å². The van der Waals surface area contributed by atoms with E-state index in [-0.39, 0.29) is 11.6 Å². The summed E-state index contributed by atoms with van der Waals surface area (Å²) in [5, 5.41) is 12.6. The van der Waals surface area contributed by atoms with Crippen LogP contribution in [0.15, 0.2) is 42.0 Å². The first kappa shape index (κ1) is 12.3. The number of nitro benzene ring substituents is 1. The van der Waals surface area contributed by atoms with E-state index < -0.39 is 4.92 Å². The lowest BCUT2D eigenvalue weighted by Gasteiger charge is -2.03. The van der Waals surface area contributed by atoms with Crippen LogP contribution in [0, 0.1) is 10.1 Å². The topological polar surface area (TPSA) is 84.3 Å². The van der Waals surface area contributed by atoms with Crippen molar-refractivity contribution in [3.8, 4) is 0 Å². The third-order valence-corrected chi connectivity index (χ3v) is 3.19. The highest BCUT2D eigenvalue weighted by Gasteiger charge is 2.17. The quantitative estimate of drug-likeness (QED) is 0.494. The van der Waals surface area contributed by atoms with Gasteiger partial charge in [-0.15, -0.1) is 0 Å². The number of carbonyl (C=O) groups is 1. The van der Waals surface area contributed by atoms with Crippen LogP contribution in [0.25, 0.3) is 16.8 Å². The van der Waals surface area contributed by atoms with Gasteiger partial charge in [-0.2, -0.15) is 0 Å². The zero-order valence-electron chi connectivity index (χ0n) is 10.4. The number of non-ortho nitro benzene ring substituents is 1. The van der Waals surface area contributed by atoms with Gasteiger partial charge in [-0.3, -0.25) is 20.3 Å². The van der Waals surface area contributed by atoms with Gasteiger partial charge in [-0.05, 0) is 22.4 Å². The van der Waals surface area contributed by atoms with Crippen LogP contribution in [0.3, 0.4) is 0 Å². The van der Waals surface area contributed by atoms with E-state index in [1.165, 1.54) is 12.1 Å². The Morgan fingerprint density at radius 2 is 2.05 bits per heavy atom. The standard InChI is InChI=1S/C14H11N3O3/c18-14-11(8-15-16-14)5-10-7-12(17(19)20)6-9-3-1-2-4-13(9)10/h1-7,15H,8H2,(H,16,18)/b11-5+. The molecule has 1 aliphatic rings. The van der Waals surface area contributed by atoms with Crippen molar-refractivity contribution in [1.29, 1.82) is 0 Å². The van der Waals surface area contributed by atoms with Crippen LogP contribution in [0.2, 0.25) is 0 Å². The fourth-order valence-corrected chi connectivity index (χ4v) is 2.23. The average Bonchev–Trinajstić information content (AvgIpc) is 2.84. The maximum atomic E-state index is 11.6. The number of nitro groups is 1. The molecule has 6 heteroatoms. The molecule has 0 radical (unpaired) electrons. The normalized spacial score (nSPS) is 16.6. The van der Waals surface area contributed by atoms with Crippen LogP contribution in [0.1, 0.15) is 5.56 Å². The molecule has 0 unspecified atom stereocenters. The molecule has 1 saturated heterocycles. The number of benzene rings is 2. The summed E-state index contributed by atoms with van der Waals surface area (Å²) in [5.74, 6) is -0.208. The van der Waals surface area contributed by atoms with E-state index in [0.29, 0.717) is 17.7 Å². The molecule has 0 aliphatic carbocycles. The van der Waals surface area contributed by atoms with Gasteiger partial charge in [-0.1, -0.05) is 24.3 Å². The molecule has 0 atom stereocenters. The fourth-order valence-electron chi connectivity index (χ4n) is 2.23. The first-order valence-electron chi connectivity index (χ1n) is 6.06. The monoisotopic (exact) mass is 269 g/mol. The lowest BCUT2D eigenvalue weighted by Crippen LogP contribution is -2.25. The maximum absolute atomic E-state index is 11.6. The van der Waals surface area contributed by atoms with Gasteiger partial charge in [0.25, 0.3) is 11.6 Å². The zero-order valence-corrected chi connectivity index (χ0v) is 10.4. The molecule has 20 heavy (non-hydrogen) atoms. The van der Waals surface area contributed by atoms with Gasteiger partial charge in [-0.25, -0.2) is 5.43 Å². The Morgan fingerprint density at radius 1 is 1.25 bits per heavy atom. The number of fused-ring (bicyclic) bond motifs is 1. The van der Waals surface area contributed by atoms with Gasteiger partial charge in [0.15, 0.2) is 0 Å². The number of rotatable bonds is 2.